The first-order valence-corrected chi connectivity index (χ1v) is 11.6. The Morgan fingerprint density at radius 2 is 1.60 bits per heavy atom. The van der Waals surface area contributed by atoms with Gasteiger partial charge in [0, 0.05) is 57.5 Å². The third-order valence-corrected chi connectivity index (χ3v) is 6.04. The van der Waals surface area contributed by atoms with E-state index in [1.807, 2.05) is 12.4 Å². The minimum atomic E-state index is -0.796. The SMILES string of the molecule is CCc1cnc(N2CCC(COc3c(F)cc(-c4cnc(C(=O)N(C)C)nc4)cc3F)CC2)nc1. The molecule has 0 N–H and O–H groups in total. The molecular weight excluding hydrogens is 454 g/mol. The molecule has 1 fully saturated rings. The van der Waals surface area contributed by atoms with E-state index in [1.165, 1.54) is 29.4 Å². The molecule has 0 saturated carbocycles. The number of amides is 1. The van der Waals surface area contributed by atoms with Gasteiger partial charge in [0.25, 0.3) is 5.91 Å². The molecule has 1 aromatic carbocycles. The number of nitrogens with zero attached hydrogens (tertiary/aromatic N) is 6. The van der Waals surface area contributed by atoms with Crippen molar-refractivity contribution in [2.45, 2.75) is 26.2 Å². The highest BCUT2D eigenvalue weighted by Gasteiger charge is 2.23. The number of halogens is 2. The fraction of sp³-hybridized carbons (Fsp3) is 0.400. The first-order chi connectivity index (χ1) is 16.9. The monoisotopic (exact) mass is 482 g/mol. The molecule has 184 valence electrons. The Bertz CT molecular complexity index is 1140. The van der Waals surface area contributed by atoms with Crippen LogP contribution < -0.4 is 9.64 Å². The molecule has 8 nitrogen and oxygen atoms in total. The first-order valence-electron chi connectivity index (χ1n) is 11.6. The van der Waals surface area contributed by atoms with E-state index in [0.29, 0.717) is 11.5 Å². The lowest BCUT2D eigenvalue weighted by Crippen LogP contribution is -2.36. The van der Waals surface area contributed by atoms with Gasteiger partial charge in [0.1, 0.15) is 0 Å². The summed E-state index contributed by atoms with van der Waals surface area (Å²) in [5.74, 6) is -1.45. The first kappa shape index (κ1) is 24.4. The van der Waals surface area contributed by atoms with Gasteiger partial charge < -0.3 is 14.5 Å². The standard InChI is InChI=1S/C25H28F2N6O2/c1-4-16-11-30-25(31-12-16)33-7-5-17(6-8-33)15-35-22-20(26)9-18(10-21(22)27)19-13-28-23(29-14-19)24(34)32(2)3/h9-14,17H,4-8,15H2,1-3H3. The van der Waals surface area contributed by atoms with Crippen LogP contribution in [-0.2, 0) is 6.42 Å². The minimum absolute atomic E-state index is 0.00947. The Hall–Kier alpha value is -3.69. The lowest BCUT2D eigenvalue weighted by Gasteiger charge is -2.31. The van der Waals surface area contributed by atoms with Crippen molar-refractivity contribution in [3.05, 3.63) is 59.9 Å². The minimum Gasteiger partial charge on any atom is -0.487 e. The smallest absolute Gasteiger partial charge is 0.291 e. The fourth-order valence-electron chi connectivity index (χ4n) is 3.85. The molecule has 3 aromatic rings. The van der Waals surface area contributed by atoms with Crippen molar-refractivity contribution in [3.8, 4) is 16.9 Å². The Morgan fingerprint density at radius 3 is 2.14 bits per heavy atom. The van der Waals surface area contributed by atoms with Gasteiger partial charge in [-0.1, -0.05) is 6.92 Å². The number of carbonyl (C=O) groups excluding carboxylic acids is 1. The second kappa shape index (κ2) is 10.7. The van der Waals surface area contributed by atoms with Crippen LogP contribution in [0.15, 0.2) is 36.9 Å². The van der Waals surface area contributed by atoms with Crippen molar-refractivity contribution in [1.82, 2.24) is 24.8 Å². The highest BCUT2D eigenvalue weighted by atomic mass is 19.1. The summed E-state index contributed by atoms with van der Waals surface area (Å²) < 4.78 is 35.0. The lowest BCUT2D eigenvalue weighted by atomic mass is 9.98. The van der Waals surface area contributed by atoms with Gasteiger partial charge >= 0.3 is 0 Å². The normalized spacial score (nSPS) is 14.1. The number of aromatic nitrogens is 4. The molecule has 4 rings (SSSR count). The third-order valence-electron chi connectivity index (χ3n) is 6.04. The summed E-state index contributed by atoms with van der Waals surface area (Å²) in [6, 6.07) is 2.37. The average molecular weight is 483 g/mol. The average Bonchev–Trinajstić information content (AvgIpc) is 2.88. The molecule has 3 heterocycles. The summed E-state index contributed by atoms with van der Waals surface area (Å²) in [7, 11) is 3.18. The summed E-state index contributed by atoms with van der Waals surface area (Å²) >= 11 is 0. The van der Waals surface area contributed by atoms with Crippen LogP contribution in [0.2, 0.25) is 0 Å². The van der Waals surface area contributed by atoms with Crippen molar-refractivity contribution in [3.63, 3.8) is 0 Å². The molecule has 1 saturated heterocycles. The number of hydrogen-bond acceptors (Lipinski definition) is 7. The molecule has 10 heteroatoms. The Balaban J connectivity index is 1.35. The maximum absolute atomic E-state index is 14.7. The number of hydrogen-bond donors (Lipinski definition) is 0. The van der Waals surface area contributed by atoms with Crippen molar-refractivity contribution < 1.29 is 18.3 Å². The number of anilines is 1. The molecule has 1 amide bonds. The highest BCUT2D eigenvalue weighted by molar-refractivity contribution is 5.90. The van der Waals surface area contributed by atoms with E-state index in [0.717, 1.165) is 37.9 Å². The molecule has 0 spiro atoms. The van der Waals surface area contributed by atoms with Crippen LogP contribution in [0.5, 0.6) is 5.75 Å². The van der Waals surface area contributed by atoms with Gasteiger partial charge in [-0.15, -0.1) is 0 Å². The second-order valence-electron chi connectivity index (χ2n) is 8.75. The quantitative estimate of drug-likeness (QED) is 0.507. The van der Waals surface area contributed by atoms with Crippen LogP contribution in [0.25, 0.3) is 11.1 Å². The van der Waals surface area contributed by atoms with Crippen LogP contribution >= 0.6 is 0 Å². The molecule has 1 aliphatic heterocycles. The van der Waals surface area contributed by atoms with Crippen LogP contribution in [0.4, 0.5) is 14.7 Å². The number of carbonyl (C=O) groups is 1. The Kier molecular flexibility index (Phi) is 7.48. The molecule has 0 unspecified atom stereocenters. The third kappa shape index (κ3) is 5.70. The zero-order valence-corrected chi connectivity index (χ0v) is 20.0. The molecule has 35 heavy (non-hydrogen) atoms. The lowest BCUT2D eigenvalue weighted by molar-refractivity contribution is 0.0816. The van der Waals surface area contributed by atoms with Gasteiger partial charge in [-0.25, -0.2) is 28.7 Å². The molecular formula is C25H28F2N6O2. The van der Waals surface area contributed by atoms with E-state index in [-0.39, 0.29) is 29.8 Å². The summed E-state index contributed by atoms with van der Waals surface area (Å²) in [5.41, 5.74) is 1.75. The number of benzene rings is 1. The van der Waals surface area contributed by atoms with Crippen molar-refractivity contribution in [2.75, 3.05) is 38.7 Å². The molecule has 1 aliphatic rings. The summed E-state index contributed by atoms with van der Waals surface area (Å²) in [6.45, 7) is 3.80. The highest BCUT2D eigenvalue weighted by Crippen LogP contribution is 2.30. The number of rotatable bonds is 7. The predicted octanol–water partition coefficient (Wildman–Crippen LogP) is 3.77. The van der Waals surface area contributed by atoms with Gasteiger partial charge in [-0.2, -0.15) is 0 Å². The van der Waals surface area contributed by atoms with Crippen LogP contribution in [0, 0.1) is 17.6 Å². The molecule has 0 bridgehead atoms. The van der Waals surface area contributed by atoms with Gasteiger partial charge in [-0.05, 0) is 48.4 Å². The zero-order chi connectivity index (χ0) is 24.9. The van der Waals surface area contributed by atoms with Crippen LogP contribution in [0.1, 0.15) is 35.9 Å². The summed E-state index contributed by atoms with van der Waals surface area (Å²) in [4.78, 5) is 32.2. The number of ether oxygens (including phenoxy) is 1. The van der Waals surface area contributed by atoms with E-state index in [9.17, 15) is 13.6 Å². The van der Waals surface area contributed by atoms with Crippen LogP contribution in [0.3, 0.4) is 0 Å². The topological polar surface area (TPSA) is 84.3 Å². The van der Waals surface area contributed by atoms with E-state index in [2.05, 4.69) is 31.8 Å². The Morgan fingerprint density at radius 1 is 1.00 bits per heavy atom. The molecule has 0 radical (unpaired) electrons. The van der Waals surface area contributed by atoms with E-state index >= 15 is 0 Å². The molecule has 2 aromatic heterocycles. The van der Waals surface area contributed by atoms with E-state index in [4.69, 9.17) is 4.74 Å². The van der Waals surface area contributed by atoms with Crippen molar-refractivity contribution >= 4 is 11.9 Å². The van der Waals surface area contributed by atoms with Gasteiger partial charge in [-0.3, -0.25) is 4.79 Å². The maximum Gasteiger partial charge on any atom is 0.291 e. The summed E-state index contributed by atoms with van der Waals surface area (Å²) in [5, 5.41) is 0. The number of piperidine rings is 1. The van der Waals surface area contributed by atoms with Gasteiger partial charge in [0.05, 0.1) is 6.61 Å². The van der Waals surface area contributed by atoms with Gasteiger partial charge in [0.15, 0.2) is 17.4 Å². The number of aryl methyl sites for hydroxylation is 1. The molecule has 0 aliphatic carbocycles. The van der Waals surface area contributed by atoms with Gasteiger partial charge in [0.2, 0.25) is 11.8 Å². The predicted molar refractivity (Wildman–Crippen MR) is 127 cm³/mol. The summed E-state index contributed by atoms with van der Waals surface area (Å²) in [6.07, 6.45) is 8.95. The van der Waals surface area contributed by atoms with Crippen LogP contribution in [-0.4, -0.2) is 64.5 Å². The van der Waals surface area contributed by atoms with Crippen molar-refractivity contribution in [1.29, 1.82) is 0 Å². The van der Waals surface area contributed by atoms with E-state index < -0.39 is 17.4 Å². The Labute approximate surface area is 203 Å². The largest absolute Gasteiger partial charge is 0.487 e. The maximum atomic E-state index is 14.7. The molecule has 0 atom stereocenters. The van der Waals surface area contributed by atoms with Crippen molar-refractivity contribution in [2.24, 2.45) is 5.92 Å². The zero-order valence-electron chi connectivity index (χ0n) is 20.0. The fourth-order valence-corrected chi connectivity index (χ4v) is 3.85. The van der Waals surface area contributed by atoms with E-state index in [1.54, 1.807) is 14.1 Å². The second-order valence-corrected chi connectivity index (χ2v) is 8.75.